The second-order valence-electron chi connectivity index (χ2n) is 4.99. The lowest BCUT2D eigenvalue weighted by atomic mass is 9.76. The zero-order valence-corrected chi connectivity index (χ0v) is 12.3. The minimum Gasteiger partial charge on any atom is -0.497 e. The molecule has 0 fully saturated rings. The quantitative estimate of drug-likeness (QED) is 0.722. The zero-order chi connectivity index (χ0) is 14.4. The van der Waals surface area contributed by atoms with Gasteiger partial charge in [0.25, 0.3) is 0 Å². The molecule has 0 radical (unpaired) electrons. The van der Waals surface area contributed by atoms with Crippen molar-refractivity contribution in [2.75, 3.05) is 14.2 Å². The summed E-state index contributed by atoms with van der Waals surface area (Å²) in [5, 5.41) is 18.8. The molecule has 5 heteroatoms. The topological polar surface area (TPSA) is 52.9 Å². The molecule has 19 heavy (non-hydrogen) atoms. The highest BCUT2D eigenvalue weighted by Gasteiger charge is 2.18. The molecule has 106 valence electrons. The minimum absolute atomic E-state index is 0.458. The van der Waals surface area contributed by atoms with Crippen molar-refractivity contribution in [3.05, 3.63) is 23.8 Å². The van der Waals surface area contributed by atoms with Crippen molar-refractivity contribution in [2.24, 2.45) is 0 Å². The summed E-state index contributed by atoms with van der Waals surface area (Å²) in [6, 6.07) is 5.77. The molecule has 0 aliphatic carbocycles. The fraction of sp³-hybridized carbons (Fsp3) is 0.571. The molecule has 1 aromatic rings. The van der Waals surface area contributed by atoms with E-state index in [4.69, 9.17) is 4.74 Å². The average molecular weight is 265 g/mol. The fourth-order valence-corrected chi connectivity index (χ4v) is 2.16. The fourth-order valence-electron chi connectivity index (χ4n) is 2.16. The van der Waals surface area contributed by atoms with Crippen molar-refractivity contribution >= 4 is 12.6 Å². The third-order valence-electron chi connectivity index (χ3n) is 3.51. The molecule has 0 saturated carbocycles. The molecule has 0 bridgehead atoms. The van der Waals surface area contributed by atoms with Crippen LogP contribution in [0.3, 0.4) is 0 Å². The number of benzene rings is 1. The standard InChI is InChI=1S/C14H24BNO3/c1-5-6-11(2)16(3)10-12-9-13(19-4)7-8-14(12)15(17)18/h7-9,11,17-18H,5-6,10H2,1-4H3. The van der Waals surface area contributed by atoms with Crippen molar-refractivity contribution in [3.8, 4) is 5.75 Å². The summed E-state index contributed by atoms with van der Waals surface area (Å²) in [5.74, 6) is 0.732. The zero-order valence-electron chi connectivity index (χ0n) is 12.3. The van der Waals surface area contributed by atoms with E-state index in [1.54, 1.807) is 19.2 Å². The normalized spacial score (nSPS) is 12.6. The van der Waals surface area contributed by atoms with E-state index in [0.717, 1.165) is 24.2 Å². The van der Waals surface area contributed by atoms with Crippen LogP contribution in [0.25, 0.3) is 0 Å². The molecule has 0 aromatic heterocycles. The summed E-state index contributed by atoms with van der Waals surface area (Å²) in [6.07, 6.45) is 2.26. The van der Waals surface area contributed by atoms with Crippen LogP contribution in [0.4, 0.5) is 0 Å². The molecule has 4 nitrogen and oxygen atoms in total. The van der Waals surface area contributed by atoms with E-state index >= 15 is 0 Å². The van der Waals surface area contributed by atoms with Crippen LogP contribution < -0.4 is 10.2 Å². The van der Waals surface area contributed by atoms with Gasteiger partial charge in [0.05, 0.1) is 7.11 Å². The first-order valence-corrected chi connectivity index (χ1v) is 6.72. The van der Waals surface area contributed by atoms with Gasteiger partial charge in [-0.3, -0.25) is 4.90 Å². The lowest BCUT2D eigenvalue weighted by molar-refractivity contribution is 0.237. The predicted molar refractivity (Wildman–Crippen MR) is 78.7 cm³/mol. The average Bonchev–Trinajstić information content (AvgIpc) is 2.38. The van der Waals surface area contributed by atoms with E-state index in [1.165, 1.54) is 0 Å². The molecule has 2 N–H and O–H groups in total. The first-order valence-electron chi connectivity index (χ1n) is 6.72. The maximum Gasteiger partial charge on any atom is 0.488 e. The van der Waals surface area contributed by atoms with Crippen LogP contribution in [0.15, 0.2) is 18.2 Å². The summed E-state index contributed by atoms with van der Waals surface area (Å²) in [5.41, 5.74) is 1.43. The first-order chi connectivity index (χ1) is 8.99. The molecular weight excluding hydrogens is 241 g/mol. The third kappa shape index (κ3) is 4.53. The number of nitrogens with zero attached hydrogens (tertiary/aromatic N) is 1. The Morgan fingerprint density at radius 1 is 1.37 bits per heavy atom. The van der Waals surface area contributed by atoms with Crippen LogP contribution in [0, 0.1) is 0 Å². The van der Waals surface area contributed by atoms with Gasteiger partial charge in [0.1, 0.15) is 5.75 Å². The van der Waals surface area contributed by atoms with E-state index < -0.39 is 7.12 Å². The van der Waals surface area contributed by atoms with Crippen LogP contribution >= 0.6 is 0 Å². The summed E-state index contributed by atoms with van der Waals surface area (Å²) in [7, 11) is 2.21. The molecule has 0 spiro atoms. The van der Waals surface area contributed by atoms with Gasteiger partial charge in [0.2, 0.25) is 0 Å². The highest BCUT2D eigenvalue weighted by Crippen LogP contribution is 2.15. The molecule has 0 aliphatic heterocycles. The molecule has 1 rings (SSSR count). The van der Waals surface area contributed by atoms with Gasteiger partial charge < -0.3 is 14.8 Å². The van der Waals surface area contributed by atoms with Gasteiger partial charge in [-0.1, -0.05) is 19.4 Å². The second-order valence-corrected chi connectivity index (χ2v) is 4.99. The van der Waals surface area contributed by atoms with Gasteiger partial charge >= 0.3 is 7.12 Å². The Morgan fingerprint density at radius 2 is 2.05 bits per heavy atom. The predicted octanol–water partition coefficient (Wildman–Crippen LogP) is 0.995. The number of methoxy groups -OCH3 is 1. The second kappa shape index (κ2) is 7.53. The molecule has 0 saturated heterocycles. The van der Waals surface area contributed by atoms with E-state index in [-0.39, 0.29) is 0 Å². The maximum absolute atomic E-state index is 9.42. The van der Waals surface area contributed by atoms with E-state index in [1.807, 2.05) is 13.1 Å². The third-order valence-corrected chi connectivity index (χ3v) is 3.51. The van der Waals surface area contributed by atoms with Crippen molar-refractivity contribution in [1.82, 2.24) is 4.90 Å². The molecule has 1 aromatic carbocycles. The Morgan fingerprint density at radius 3 is 2.58 bits per heavy atom. The highest BCUT2D eigenvalue weighted by molar-refractivity contribution is 6.59. The van der Waals surface area contributed by atoms with Crippen LogP contribution in [0.1, 0.15) is 32.3 Å². The number of rotatable bonds is 7. The highest BCUT2D eigenvalue weighted by atomic mass is 16.5. The van der Waals surface area contributed by atoms with Crippen LogP contribution in [0.2, 0.25) is 0 Å². The maximum atomic E-state index is 9.42. The monoisotopic (exact) mass is 265 g/mol. The van der Waals surface area contributed by atoms with E-state index in [2.05, 4.69) is 18.7 Å². The van der Waals surface area contributed by atoms with Gasteiger partial charge in [-0.25, -0.2) is 0 Å². The summed E-state index contributed by atoms with van der Waals surface area (Å²) in [4.78, 5) is 2.21. The Kier molecular flexibility index (Phi) is 6.35. The molecule has 1 atom stereocenters. The lowest BCUT2D eigenvalue weighted by Gasteiger charge is -2.25. The first kappa shape index (κ1) is 16.0. The van der Waals surface area contributed by atoms with Crippen molar-refractivity contribution in [2.45, 2.75) is 39.3 Å². The smallest absolute Gasteiger partial charge is 0.488 e. The summed E-state index contributed by atoms with van der Waals surface area (Å²) >= 11 is 0. The van der Waals surface area contributed by atoms with Crippen molar-refractivity contribution < 1.29 is 14.8 Å². The van der Waals surface area contributed by atoms with Crippen LogP contribution in [-0.4, -0.2) is 42.3 Å². The minimum atomic E-state index is -1.45. The van der Waals surface area contributed by atoms with Crippen molar-refractivity contribution in [1.29, 1.82) is 0 Å². The molecule has 0 aliphatic rings. The largest absolute Gasteiger partial charge is 0.497 e. The summed E-state index contributed by atoms with van der Waals surface area (Å²) < 4.78 is 5.20. The van der Waals surface area contributed by atoms with Gasteiger partial charge in [0.15, 0.2) is 0 Å². The van der Waals surface area contributed by atoms with Gasteiger partial charge in [-0.05, 0) is 43.6 Å². The Labute approximate surface area is 116 Å². The van der Waals surface area contributed by atoms with Gasteiger partial charge in [0, 0.05) is 12.6 Å². The Balaban J connectivity index is 2.90. The molecule has 1 unspecified atom stereocenters. The van der Waals surface area contributed by atoms with Crippen LogP contribution in [-0.2, 0) is 6.54 Å². The Hall–Kier alpha value is -1.04. The summed E-state index contributed by atoms with van der Waals surface area (Å²) in [6.45, 7) is 5.02. The lowest BCUT2D eigenvalue weighted by Crippen LogP contribution is -2.37. The van der Waals surface area contributed by atoms with E-state index in [0.29, 0.717) is 18.0 Å². The van der Waals surface area contributed by atoms with Crippen molar-refractivity contribution in [3.63, 3.8) is 0 Å². The molecular formula is C14H24BNO3. The number of hydrogen-bond donors (Lipinski definition) is 2. The number of ether oxygens (including phenoxy) is 1. The van der Waals surface area contributed by atoms with Gasteiger partial charge in [-0.2, -0.15) is 0 Å². The number of hydrogen-bond acceptors (Lipinski definition) is 4. The molecule has 0 heterocycles. The SMILES string of the molecule is CCCC(C)N(C)Cc1cc(OC)ccc1B(O)O. The Bertz CT molecular complexity index is 398. The van der Waals surface area contributed by atoms with Crippen LogP contribution in [0.5, 0.6) is 5.75 Å². The van der Waals surface area contributed by atoms with Gasteiger partial charge in [-0.15, -0.1) is 0 Å². The molecule has 0 amide bonds. The van der Waals surface area contributed by atoms with E-state index in [9.17, 15) is 10.0 Å².